The van der Waals surface area contributed by atoms with Crippen molar-refractivity contribution in [2.24, 2.45) is 0 Å². The van der Waals surface area contributed by atoms with Gasteiger partial charge in [0.15, 0.2) is 5.15 Å². The number of aromatic carboxylic acids is 1. The van der Waals surface area contributed by atoms with Crippen molar-refractivity contribution in [2.75, 3.05) is 0 Å². The van der Waals surface area contributed by atoms with Crippen molar-refractivity contribution in [1.82, 2.24) is 15.2 Å². The van der Waals surface area contributed by atoms with E-state index in [4.69, 9.17) is 16.7 Å². The van der Waals surface area contributed by atoms with E-state index in [0.717, 1.165) is 0 Å². The smallest absolute Gasteiger partial charge is 0.337 e. The zero-order valence-corrected chi connectivity index (χ0v) is 7.04. The van der Waals surface area contributed by atoms with Crippen LogP contribution in [0.5, 0.6) is 0 Å². The SMILES string of the molecule is O=C(O)c1cnc2c(Cl)[nH]nc2c1. The molecule has 0 fully saturated rings. The number of hydrogen-bond donors (Lipinski definition) is 2. The normalized spacial score (nSPS) is 10.5. The molecule has 5 nitrogen and oxygen atoms in total. The van der Waals surface area contributed by atoms with Crippen LogP contribution in [0.25, 0.3) is 11.0 Å². The Kier molecular flexibility index (Phi) is 1.66. The third-order valence-electron chi connectivity index (χ3n) is 1.60. The lowest BCUT2D eigenvalue weighted by atomic mass is 10.2. The summed E-state index contributed by atoms with van der Waals surface area (Å²) < 4.78 is 0. The van der Waals surface area contributed by atoms with E-state index in [0.29, 0.717) is 16.2 Å². The fourth-order valence-corrected chi connectivity index (χ4v) is 1.17. The standard InChI is InChI=1S/C7H4ClN3O2/c8-6-5-4(10-11-6)1-3(2-9-5)7(12)13/h1-2H,(H,10,11)(H,12,13). The summed E-state index contributed by atoms with van der Waals surface area (Å²) in [6.45, 7) is 0. The fraction of sp³-hybridized carbons (Fsp3) is 0. The van der Waals surface area contributed by atoms with Crippen molar-refractivity contribution < 1.29 is 9.90 Å². The molecular formula is C7H4ClN3O2. The number of pyridine rings is 1. The van der Waals surface area contributed by atoms with Gasteiger partial charge in [-0.25, -0.2) is 4.79 Å². The number of hydrogen-bond acceptors (Lipinski definition) is 3. The Morgan fingerprint density at radius 1 is 1.62 bits per heavy atom. The van der Waals surface area contributed by atoms with E-state index in [1.54, 1.807) is 0 Å². The lowest BCUT2D eigenvalue weighted by molar-refractivity contribution is 0.0696. The van der Waals surface area contributed by atoms with Crippen LogP contribution in [-0.2, 0) is 0 Å². The van der Waals surface area contributed by atoms with E-state index in [1.165, 1.54) is 12.3 Å². The van der Waals surface area contributed by atoms with Crippen LogP contribution in [-0.4, -0.2) is 26.3 Å². The average Bonchev–Trinajstić information content (AvgIpc) is 2.47. The van der Waals surface area contributed by atoms with Gasteiger partial charge in [-0.3, -0.25) is 10.1 Å². The van der Waals surface area contributed by atoms with E-state index in [-0.39, 0.29) is 5.56 Å². The van der Waals surface area contributed by atoms with Crippen LogP contribution in [0, 0.1) is 0 Å². The average molecular weight is 198 g/mol. The molecule has 0 aliphatic rings. The van der Waals surface area contributed by atoms with Crippen molar-refractivity contribution in [2.45, 2.75) is 0 Å². The largest absolute Gasteiger partial charge is 0.478 e. The number of rotatable bonds is 1. The van der Waals surface area contributed by atoms with E-state index >= 15 is 0 Å². The Hall–Kier alpha value is -1.62. The summed E-state index contributed by atoms with van der Waals surface area (Å²) in [5.41, 5.74) is 1.02. The Morgan fingerprint density at radius 3 is 3.08 bits per heavy atom. The van der Waals surface area contributed by atoms with E-state index in [1.807, 2.05) is 0 Å². The second-order valence-electron chi connectivity index (χ2n) is 2.43. The maximum absolute atomic E-state index is 10.5. The molecule has 0 spiro atoms. The van der Waals surface area contributed by atoms with Crippen molar-refractivity contribution in [1.29, 1.82) is 0 Å². The van der Waals surface area contributed by atoms with Crippen LogP contribution in [0.2, 0.25) is 5.15 Å². The molecule has 2 aromatic heterocycles. The zero-order valence-electron chi connectivity index (χ0n) is 6.28. The molecule has 0 amide bonds. The van der Waals surface area contributed by atoms with Crippen molar-refractivity contribution in [3.63, 3.8) is 0 Å². The zero-order chi connectivity index (χ0) is 9.42. The summed E-state index contributed by atoms with van der Waals surface area (Å²) in [6.07, 6.45) is 1.24. The van der Waals surface area contributed by atoms with E-state index in [9.17, 15) is 4.79 Å². The molecule has 0 saturated carbocycles. The third-order valence-corrected chi connectivity index (χ3v) is 1.86. The van der Waals surface area contributed by atoms with Gasteiger partial charge in [0.05, 0.1) is 5.56 Å². The van der Waals surface area contributed by atoms with Gasteiger partial charge >= 0.3 is 5.97 Å². The van der Waals surface area contributed by atoms with Gasteiger partial charge in [0.1, 0.15) is 11.0 Å². The molecule has 2 N–H and O–H groups in total. The van der Waals surface area contributed by atoms with Gasteiger partial charge in [-0.15, -0.1) is 0 Å². The first-order valence-corrected chi connectivity index (χ1v) is 3.79. The molecule has 13 heavy (non-hydrogen) atoms. The van der Waals surface area contributed by atoms with Gasteiger partial charge in [-0.05, 0) is 6.07 Å². The van der Waals surface area contributed by atoms with Crippen molar-refractivity contribution in [3.05, 3.63) is 23.0 Å². The number of aromatic amines is 1. The lowest BCUT2D eigenvalue weighted by Crippen LogP contribution is -1.96. The maximum atomic E-state index is 10.5. The summed E-state index contributed by atoms with van der Waals surface area (Å²) in [7, 11) is 0. The molecule has 0 saturated heterocycles. The van der Waals surface area contributed by atoms with Gasteiger partial charge in [0, 0.05) is 6.20 Å². The number of halogens is 1. The fourth-order valence-electron chi connectivity index (χ4n) is 0.987. The summed E-state index contributed by atoms with van der Waals surface area (Å²) in [4.78, 5) is 14.4. The Labute approximate surface area is 77.4 Å². The van der Waals surface area contributed by atoms with E-state index < -0.39 is 5.97 Å². The van der Waals surface area contributed by atoms with Crippen LogP contribution >= 0.6 is 11.6 Å². The van der Waals surface area contributed by atoms with E-state index in [2.05, 4.69) is 15.2 Å². The molecule has 2 heterocycles. The highest BCUT2D eigenvalue weighted by Crippen LogP contribution is 2.18. The first-order chi connectivity index (χ1) is 6.18. The van der Waals surface area contributed by atoms with Gasteiger partial charge in [0.25, 0.3) is 0 Å². The van der Waals surface area contributed by atoms with Gasteiger partial charge in [-0.1, -0.05) is 11.6 Å². The summed E-state index contributed by atoms with van der Waals surface area (Å²) in [6, 6.07) is 1.41. The summed E-state index contributed by atoms with van der Waals surface area (Å²) in [5.74, 6) is -1.03. The number of carboxylic acids is 1. The molecule has 0 aliphatic carbocycles. The highest BCUT2D eigenvalue weighted by Gasteiger charge is 2.08. The van der Waals surface area contributed by atoms with Crippen LogP contribution in [0.4, 0.5) is 0 Å². The second kappa shape index (κ2) is 2.70. The maximum Gasteiger partial charge on any atom is 0.337 e. The minimum atomic E-state index is -1.03. The van der Waals surface area contributed by atoms with Crippen LogP contribution < -0.4 is 0 Å². The molecule has 0 unspecified atom stereocenters. The molecule has 0 aromatic carbocycles. The number of nitrogens with zero attached hydrogens (tertiary/aromatic N) is 2. The molecule has 66 valence electrons. The van der Waals surface area contributed by atoms with Crippen LogP contribution in [0.15, 0.2) is 12.3 Å². The molecule has 0 atom stereocenters. The Bertz CT molecular complexity index is 480. The lowest BCUT2D eigenvalue weighted by Gasteiger charge is -1.91. The number of H-pyrrole nitrogens is 1. The van der Waals surface area contributed by atoms with Crippen LogP contribution in [0.1, 0.15) is 10.4 Å². The topological polar surface area (TPSA) is 78.9 Å². The monoisotopic (exact) mass is 197 g/mol. The van der Waals surface area contributed by atoms with Gasteiger partial charge in [-0.2, -0.15) is 5.10 Å². The Morgan fingerprint density at radius 2 is 2.38 bits per heavy atom. The second-order valence-corrected chi connectivity index (χ2v) is 2.81. The number of fused-ring (bicyclic) bond motifs is 1. The minimum Gasteiger partial charge on any atom is -0.478 e. The Balaban J connectivity index is 2.70. The molecule has 0 bridgehead atoms. The highest BCUT2D eigenvalue weighted by molar-refractivity contribution is 6.33. The quantitative estimate of drug-likeness (QED) is 0.723. The first kappa shape index (κ1) is 8.00. The van der Waals surface area contributed by atoms with Crippen LogP contribution in [0.3, 0.4) is 0 Å². The number of carbonyl (C=O) groups is 1. The molecular weight excluding hydrogens is 194 g/mol. The van der Waals surface area contributed by atoms with Gasteiger partial charge in [0.2, 0.25) is 0 Å². The summed E-state index contributed by atoms with van der Waals surface area (Å²) >= 11 is 5.68. The minimum absolute atomic E-state index is 0.0932. The first-order valence-electron chi connectivity index (χ1n) is 3.41. The predicted octanol–water partition coefficient (Wildman–Crippen LogP) is 1.31. The number of carboxylic acid groups (broad SMARTS) is 1. The predicted molar refractivity (Wildman–Crippen MR) is 45.9 cm³/mol. The molecule has 0 aliphatic heterocycles. The van der Waals surface area contributed by atoms with Crippen molar-refractivity contribution in [3.8, 4) is 0 Å². The molecule has 2 aromatic rings. The number of aromatic nitrogens is 3. The molecule has 2 rings (SSSR count). The molecule has 0 radical (unpaired) electrons. The van der Waals surface area contributed by atoms with Gasteiger partial charge < -0.3 is 5.11 Å². The van der Waals surface area contributed by atoms with Crippen molar-refractivity contribution >= 4 is 28.6 Å². The third kappa shape index (κ3) is 1.23. The number of nitrogens with one attached hydrogen (secondary N) is 1. The summed E-state index contributed by atoms with van der Waals surface area (Å²) in [5, 5.41) is 15.2. The highest BCUT2D eigenvalue weighted by atomic mass is 35.5. The molecule has 6 heteroatoms.